The minimum atomic E-state index is 0.704. The lowest BCUT2D eigenvalue weighted by atomic mass is 9.79. The fraction of sp³-hybridized carbons (Fsp3) is 1.00. The zero-order valence-electron chi connectivity index (χ0n) is 10.3. The fourth-order valence-electron chi connectivity index (χ4n) is 2.47. The van der Waals surface area contributed by atoms with Crippen LogP contribution in [0.2, 0.25) is 0 Å². The average molecular weight is 197 g/mol. The van der Waals surface area contributed by atoms with Gasteiger partial charge in [-0.05, 0) is 50.9 Å². The molecule has 1 heteroatoms. The lowest BCUT2D eigenvalue weighted by Gasteiger charge is -2.32. The molecule has 1 nitrogen and oxygen atoms in total. The first-order valence-corrected chi connectivity index (χ1v) is 6.39. The number of rotatable bonds is 4. The van der Waals surface area contributed by atoms with Gasteiger partial charge >= 0.3 is 0 Å². The Bertz CT molecular complexity index is 145. The van der Waals surface area contributed by atoms with E-state index in [0.717, 1.165) is 17.9 Å². The standard InChI is InChI=1S/C13H27N/c1-5-11(4)14-13-8-6-12(7-9-13)10(2)3/h10-14H,5-9H2,1-4H3/t11-,12?,13?/m0/s1. The van der Waals surface area contributed by atoms with Gasteiger partial charge < -0.3 is 5.32 Å². The molecule has 1 N–H and O–H groups in total. The fourth-order valence-corrected chi connectivity index (χ4v) is 2.47. The van der Waals surface area contributed by atoms with Crippen molar-refractivity contribution in [2.75, 3.05) is 0 Å². The smallest absolute Gasteiger partial charge is 0.00697 e. The van der Waals surface area contributed by atoms with Gasteiger partial charge in [0.25, 0.3) is 0 Å². The third-order valence-electron chi connectivity index (χ3n) is 3.85. The van der Waals surface area contributed by atoms with E-state index in [-0.39, 0.29) is 0 Å². The van der Waals surface area contributed by atoms with E-state index in [4.69, 9.17) is 0 Å². The van der Waals surface area contributed by atoms with Crippen LogP contribution in [-0.2, 0) is 0 Å². The number of nitrogens with one attached hydrogen (secondary N) is 1. The predicted octanol–water partition coefficient (Wildman–Crippen LogP) is 3.59. The van der Waals surface area contributed by atoms with Crippen molar-refractivity contribution in [2.45, 2.75) is 71.9 Å². The highest BCUT2D eigenvalue weighted by Crippen LogP contribution is 2.29. The van der Waals surface area contributed by atoms with Gasteiger partial charge in [-0.3, -0.25) is 0 Å². The second-order valence-corrected chi connectivity index (χ2v) is 5.33. The van der Waals surface area contributed by atoms with Crippen molar-refractivity contribution >= 4 is 0 Å². The molecule has 0 aromatic heterocycles. The van der Waals surface area contributed by atoms with Crippen molar-refractivity contribution in [3.05, 3.63) is 0 Å². The topological polar surface area (TPSA) is 12.0 Å². The normalized spacial score (nSPS) is 30.6. The second kappa shape index (κ2) is 5.75. The van der Waals surface area contributed by atoms with Gasteiger partial charge in [0.1, 0.15) is 0 Å². The van der Waals surface area contributed by atoms with Crippen LogP contribution in [0.1, 0.15) is 59.8 Å². The molecule has 0 spiro atoms. The molecular formula is C13H27N. The van der Waals surface area contributed by atoms with Crippen molar-refractivity contribution in [3.63, 3.8) is 0 Å². The first-order valence-electron chi connectivity index (χ1n) is 6.39. The quantitative estimate of drug-likeness (QED) is 0.726. The van der Waals surface area contributed by atoms with E-state index in [0.29, 0.717) is 6.04 Å². The Morgan fingerprint density at radius 1 is 1.07 bits per heavy atom. The largest absolute Gasteiger partial charge is 0.312 e. The molecule has 0 amide bonds. The third kappa shape index (κ3) is 3.61. The van der Waals surface area contributed by atoms with E-state index < -0.39 is 0 Å². The van der Waals surface area contributed by atoms with E-state index in [1.807, 2.05) is 0 Å². The van der Waals surface area contributed by atoms with Crippen LogP contribution in [0.15, 0.2) is 0 Å². The summed E-state index contributed by atoms with van der Waals surface area (Å²) in [5.41, 5.74) is 0. The van der Waals surface area contributed by atoms with Crippen LogP contribution in [0.3, 0.4) is 0 Å². The maximum Gasteiger partial charge on any atom is 0.00697 e. The van der Waals surface area contributed by atoms with Gasteiger partial charge in [-0.2, -0.15) is 0 Å². The van der Waals surface area contributed by atoms with Gasteiger partial charge in [0.15, 0.2) is 0 Å². The van der Waals surface area contributed by atoms with E-state index in [9.17, 15) is 0 Å². The van der Waals surface area contributed by atoms with Gasteiger partial charge in [0, 0.05) is 12.1 Å². The van der Waals surface area contributed by atoms with E-state index in [1.165, 1.54) is 32.1 Å². The summed E-state index contributed by atoms with van der Waals surface area (Å²) in [7, 11) is 0. The lowest BCUT2D eigenvalue weighted by Crippen LogP contribution is -2.39. The Morgan fingerprint density at radius 2 is 1.64 bits per heavy atom. The Morgan fingerprint density at radius 3 is 2.07 bits per heavy atom. The molecule has 1 aliphatic rings. The first kappa shape index (κ1) is 12.0. The van der Waals surface area contributed by atoms with Crippen LogP contribution in [0, 0.1) is 11.8 Å². The summed E-state index contributed by atoms with van der Waals surface area (Å²) in [6, 6.07) is 1.51. The summed E-state index contributed by atoms with van der Waals surface area (Å²) in [6.07, 6.45) is 6.92. The Labute approximate surface area is 89.7 Å². The molecule has 84 valence electrons. The highest BCUT2D eigenvalue weighted by molar-refractivity contribution is 4.80. The molecule has 1 aliphatic carbocycles. The molecule has 1 fully saturated rings. The number of hydrogen-bond donors (Lipinski definition) is 1. The summed E-state index contributed by atoms with van der Waals surface area (Å²) in [5, 5.41) is 3.73. The highest BCUT2D eigenvalue weighted by atomic mass is 14.9. The molecular weight excluding hydrogens is 170 g/mol. The number of hydrogen-bond acceptors (Lipinski definition) is 1. The van der Waals surface area contributed by atoms with Crippen LogP contribution in [-0.4, -0.2) is 12.1 Å². The zero-order valence-corrected chi connectivity index (χ0v) is 10.3. The van der Waals surface area contributed by atoms with Gasteiger partial charge in [-0.25, -0.2) is 0 Å². The van der Waals surface area contributed by atoms with Gasteiger partial charge in [-0.15, -0.1) is 0 Å². The summed E-state index contributed by atoms with van der Waals surface area (Å²) in [5.74, 6) is 1.88. The van der Waals surface area contributed by atoms with Crippen molar-refractivity contribution in [2.24, 2.45) is 11.8 Å². The van der Waals surface area contributed by atoms with E-state index in [1.54, 1.807) is 0 Å². The molecule has 0 heterocycles. The molecule has 0 aliphatic heterocycles. The first-order chi connectivity index (χ1) is 6.63. The molecule has 0 saturated heterocycles. The maximum atomic E-state index is 3.73. The van der Waals surface area contributed by atoms with Crippen LogP contribution >= 0.6 is 0 Å². The molecule has 0 unspecified atom stereocenters. The Balaban J connectivity index is 2.22. The van der Waals surface area contributed by atoms with Crippen molar-refractivity contribution in [1.82, 2.24) is 5.32 Å². The summed E-state index contributed by atoms with van der Waals surface area (Å²) < 4.78 is 0. The molecule has 0 bridgehead atoms. The van der Waals surface area contributed by atoms with Crippen molar-refractivity contribution in [1.29, 1.82) is 0 Å². The Hall–Kier alpha value is -0.0400. The minimum Gasteiger partial charge on any atom is -0.312 e. The molecule has 0 radical (unpaired) electrons. The molecule has 14 heavy (non-hydrogen) atoms. The SMILES string of the molecule is CC[C@H](C)NC1CCC(C(C)C)CC1. The monoisotopic (exact) mass is 197 g/mol. The van der Waals surface area contributed by atoms with Crippen LogP contribution in [0.5, 0.6) is 0 Å². The zero-order chi connectivity index (χ0) is 10.6. The van der Waals surface area contributed by atoms with Crippen molar-refractivity contribution < 1.29 is 0 Å². The minimum absolute atomic E-state index is 0.704. The van der Waals surface area contributed by atoms with Gasteiger partial charge in [0.05, 0.1) is 0 Å². The summed E-state index contributed by atoms with van der Waals surface area (Å²) in [6.45, 7) is 9.30. The maximum absolute atomic E-state index is 3.73. The Kier molecular flexibility index (Phi) is 4.94. The molecule has 0 aromatic rings. The van der Waals surface area contributed by atoms with Crippen LogP contribution < -0.4 is 5.32 Å². The highest BCUT2D eigenvalue weighted by Gasteiger charge is 2.23. The molecule has 1 rings (SSSR count). The lowest BCUT2D eigenvalue weighted by molar-refractivity contribution is 0.229. The van der Waals surface area contributed by atoms with Crippen molar-refractivity contribution in [3.8, 4) is 0 Å². The third-order valence-corrected chi connectivity index (χ3v) is 3.85. The van der Waals surface area contributed by atoms with E-state index >= 15 is 0 Å². The molecule has 0 aromatic carbocycles. The summed E-state index contributed by atoms with van der Waals surface area (Å²) in [4.78, 5) is 0. The van der Waals surface area contributed by atoms with Gasteiger partial charge in [0.2, 0.25) is 0 Å². The van der Waals surface area contributed by atoms with Crippen LogP contribution in [0.4, 0.5) is 0 Å². The van der Waals surface area contributed by atoms with E-state index in [2.05, 4.69) is 33.0 Å². The predicted molar refractivity (Wildman–Crippen MR) is 63.5 cm³/mol. The van der Waals surface area contributed by atoms with Crippen LogP contribution in [0.25, 0.3) is 0 Å². The summed E-state index contributed by atoms with van der Waals surface area (Å²) >= 11 is 0. The van der Waals surface area contributed by atoms with Gasteiger partial charge in [-0.1, -0.05) is 20.8 Å². The molecule has 1 saturated carbocycles. The average Bonchev–Trinajstić information content (AvgIpc) is 2.18. The molecule has 1 atom stereocenters. The second-order valence-electron chi connectivity index (χ2n) is 5.33.